The van der Waals surface area contributed by atoms with Crippen molar-refractivity contribution in [1.82, 2.24) is 9.62 Å². The minimum absolute atomic E-state index is 0.147. The van der Waals surface area contributed by atoms with Crippen molar-refractivity contribution in [2.75, 3.05) is 33.4 Å². The van der Waals surface area contributed by atoms with Crippen LogP contribution in [0.2, 0.25) is 0 Å². The molecular formula is C16H26N2O4S. The minimum atomic E-state index is -3.57. The fourth-order valence-electron chi connectivity index (χ4n) is 2.23. The second kappa shape index (κ2) is 9.00. The summed E-state index contributed by atoms with van der Waals surface area (Å²) in [7, 11) is -1.97. The highest BCUT2D eigenvalue weighted by molar-refractivity contribution is 7.89. The minimum Gasteiger partial charge on any atom is -0.385 e. The van der Waals surface area contributed by atoms with E-state index in [0.717, 1.165) is 5.56 Å². The van der Waals surface area contributed by atoms with E-state index in [9.17, 15) is 13.2 Å². The normalized spacial score (nSPS) is 11.7. The van der Waals surface area contributed by atoms with Crippen LogP contribution < -0.4 is 5.32 Å². The third kappa shape index (κ3) is 5.02. The molecule has 0 saturated heterocycles. The Labute approximate surface area is 138 Å². The Bertz CT molecular complexity index is 625. The molecule has 23 heavy (non-hydrogen) atoms. The van der Waals surface area contributed by atoms with Gasteiger partial charge in [-0.1, -0.05) is 19.9 Å². The first-order valence-electron chi connectivity index (χ1n) is 7.76. The smallest absolute Gasteiger partial charge is 0.251 e. The van der Waals surface area contributed by atoms with E-state index in [1.807, 2.05) is 0 Å². The summed E-state index contributed by atoms with van der Waals surface area (Å²) in [5, 5.41) is 2.78. The molecule has 0 radical (unpaired) electrons. The molecule has 6 nitrogen and oxygen atoms in total. The highest BCUT2D eigenvalue weighted by atomic mass is 32.2. The second-order valence-corrected chi connectivity index (χ2v) is 7.11. The number of carbonyl (C=O) groups excluding carboxylic acids is 1. The van der Waals surface area contributed by atoms with Crippen molar-refractivity contribution in [3.05, 3.63) is 29.3 Å². The number of sulfonamides is 1. The molecule has 0 atom stereocenters. The number of aryl methyl sites for hydroxylation is 1. The third-order valence-electron chi connectivity index (χ3n) is 3.61. The summed E-state index contributed by atoms with van der Waals surface area (Å²) in [6, 6.07) is 4.67. The number of nitrogens with zero attached hydrogens (tertiary/aromatic N) is 1. The highest BCUT2D eigenvalue weighted by Crippen LogP contribution is 2.19. The second-order valence-electron chi connectivity index (χ2n) is 5.17. The molecule has 7 heteroatoms. The molecule has 0 unspecified atom stereocenters. The first-order chi connectivity index (χ1) is 10.9. The highest BCUT2D eigenvalue weighted by Gasteiger charge is 2.23. The Balaban J connectivity index is 3.01. The zero-order valence-electron chi connectivity index (χ0n) is 14.3. The van der Waals surface area contributed by atoms with E-state index >= 15 is 0 Å². The molecule has 0 spiro atoms. The van der Waals surface area contributed by atoms with Crippen LogP contribution >= 0.6 is 0 Å². The zero-order chi connectivity index (χ0) is 17.5. The van der Waals surface area contributed by atoms with E-state index in [1.165, 1.54) is 10.4 Å². The molecule has 1 rings (SSSR count). The fourth-order valence-corrected chi connectivity index (χ4v) is 3.72. The summed E-state index contributed by atoms with van der Waals surface area (Å²) in [5.74, 6) is -0.268. The number of hydrogen-bond acceptors (Lipinski definition) is 4. The van der Waals surface area contributed by atoms with Crippen LogP contribution in [0, 0.1) is 6.92 Å². The van der Waals surface area contributed by atoms with Crippen molar-refractivity contribution in [2.45, 2.75) is 32.1 Å². The van der Waals surface area contributed by atoms with Crippen LogP contribution in [0.4, 0.5) is 0 Å². The first kappa shape index (κ1) is 19.6. The lowest BCUT2D eigenvalue weighted by Crippen LogP contribution is -2.31. The summed E-state index contributed by atoms with van der Waals surface area (Å²) in [5.41, 5.74) is 1.13. The fraction of sp³-hybridized carbons (Fsp3) is 0.562. The molecule has 1 amide bonds. The van der Waals surface area contributed by atoms with Crippen LogP contribution in [0.3, 0.4) is 0 Å². The van der Waals surface area contributed by atoms with Crippen molar-refractivity contribution >= 4 is 15.9 Å². The zero-order valence-corrected chi connectivity index (χ0v) is 15.1. The van der Waals surface area contributed by atoms with Gasteiger partial charge in [-0.05, 0) is 31.0 Å². The predicted molar refractivity (Wildman–Crippen MR) is 90.1 cm³/mol. The molecule has 0 saturated carbocycles. The summed E-state index contributed by atoms with van der Waals surface area (Å²) in [4.78, 5) is 12.4. The van der Waals surface area contributed by atoms with Crippen molar-refractivity contribution in [1.29, 1.82) is 0 Å². The summed E-state index contributed by atoms with van der Waals surface area (Å²) >= 11 is 0. The van der Waals surface area contributed by atoms with E-state index < -0.39 is 10.0 Å². The van der Waals surface area contributed by atoms with E-state index in [4.69, 9.17) is 4.74 Å². The molecule has 0 aromatic heterocycles. The van der Waals surface area contributed by atoms with Gasteiger partial charge in [0, 0.05) is 38.9 Å². The van der Waals surface area contributed by atoms with Crippen LogP contribution in [0.1, 0.15) is 36.2 Å². The van der Waals surface area contributed by atoms with Gasteiger partial charge in [0.2, 0.25) is 10.0 Å². The number of ether oxygens (including phenoxy) is 1. The summed E-state index contributed by atoms with van der Waals surface area (Å²) < 4.78 is 31.4. The molecule has 0 heterocycles. The Morgan fingerprint density at radius 3 is 2.48 bits per heavy atom. The number of amides is 1. The van der Waals surface area contributed by atoms with Gasteiger partial charge in [0.1, 0.15) is 0 Å². The lowest BCUT2D eigenvalue weighted by molar-refractivity contribution is 0.0948. The van der Waals surface area contributed by atoms with E-state index in [-0.39, 0.29) is 10.8 Å². The molecule has 1 aromatic rings. The molecule has 1 N–H and O–H groups in total. The van der Waals surface area contributed by atoms with Gasteiger partial charge in [-0.3, -0.25) is 4.79 Å². The average Bonchev–Trinajstić information content (AvgIpc) is 2.52. The van der Waals surface area contributed by atoms with Gasteiger partial charge in [-0.15, -0.1) is 0 Å². The largest absolute Gasteiger partial charge is 0.385 e. The van der Waals surface area contributed by atoms with Crippen LogP contribution in [0.15, 0.2) is 23.1 Å². The lowest BCUT2D eigenvalue weighted by Gasteiger charge is -2.19. The molecule has 130 valence electrons. The number of methoxy groups -OCH3 is 1. The monoisotopic (exact) mass is 342 g/mol. The van der Waals surface area contributed by atoms with E-state index in [0.29, 0.717) is 38.2 Å². The van der Waals surface area contributed by atoms with Gasteiger partial charge in [0.15, 0.2) is 0 Å². The van der Waals surface area contributed by atoms with Crippen molar-refractivity contribution in [3.63, 3.8) is 0 Å². The standard InChI is InChI=1S/C16H26N2O4S/c1-5-18(6-2)23(20,21)14-9-8-13(3)15(12-14)16(19)17-10-7-11-22-4/h8-9,12H,5-7,10-11H2,1-4H3,(H,17,19). The van der Waals surface area contributed by atoms with Gasteiger partial charge < -0.3 is 10.1 Å². The molecule has 0 aliphatic carbocycles. The maximum absolute atomic E-state index is 12.6. The quantitative estimate of drug-likeness (QED) is 0.694. The Morgan fingerprint density at radius 2 is 1.91 bits per heavy atom. The lowest BCUT2D eigenvalue weighted by atomic mass is 10.1. The van der Waals surface area contributed by atoms with Crippen molar-refractivity contribution < 1.29 is 17.9 Å². The van der Waals surface area contributed by atoms with Crippen molar-refractivity contribution in [2.24, 2.45) is 0 Å². The third-order valence-corrected chi connectivity index (χ3v) is 5.65. The molecular weight excluding hydrogens is 316 g/mol. The molecule has 1 aromatic carbocycles. The van der Waals surface area contributed by atoms with Crippen LogP contribution in [-0.4, -0.2) is 52.0 Å². The molecule has 0 aliphatic rings. The van der Waals surface area contributed by atoms with Gasteiger partial charge >= 0.3 is 0 Å². The molecule has 0 fully saturated rings. The number of benzene rings is 1. The Hall–Kier alpha value is -1.44. The number of carbonyl (C=O) groups is 1. The van der Waals surface area contributed by atoms with E-state index in [1.54, 1.807) is 40.0 Å². The maximum atomic E-state index is 12.6. The van der Waals surface area contributed by atoms with Crippen LogP contribution in [-0.2, 0) is 14.8 Å². The first-order valence-corrected chi connectivity index (χ1v) is 9.20. The molecule has 0 bridgehead atoms. The van der Waals surface area contributed by atoms with Gasteiger partial charge in [0.25, 0.3) is 5.91 Å². The number of rotatable bonds is 9. The Morgan fingerprint density at radius 1 is 1.26 bits per heavy atom. The number of hydrogen-bond donors (Lipinski definition) is 1. The maximum Gasteiger partial charge on any atom is 0.251 e. The van der Waals surface area contributed by atoms with E-state index in [2.05, 4.69) is 5.32 Å². The van der Waals surface area contributed by atoms with Crippen LogP contribution in [0.5, 0.6) is 0 Å². The van der Waals surface area contributed by atoms with Gasteiger partial charge in [0.05, 0.1) is 4.90 Å². The van der Waals surface area contributed by atoms with Crippen molar-refractivity contribution in [3.8, 4) is 0 Å². The summed E-state index contributed by atoms with van der Waals surface area (Å²) in [6.45, 7) is 7.21. The SMILES string of the molecule is CCN(CC)S(=O)(=O)c1ccc(C)c(C(=O)NCCCOC)c1. The van der Waals surface area contributed by atoms with Gasteiger partial charge in [-0.25, -0.2) is 8.42 Å². The topological polar surface area (TPSA) is 75.7 Å². The van der Waals surface area contributed by atoms with Crippen LogP contribution in [0.25, 0.3) is 0 Å². The molecule has 0 aliphatic heterocycles. The Kier molecular flexibility index (Phi) is 7.67. The van der Waals surface area contributed by atoms with Gasteiger partial charge in [-0.2, -0.15) is 4.31 Å². The predicted octanol–water partition coefficient (Wildman–Crippen LogP) is 1.79. The average molecular weight is 342 g/mol. The number of nitrogens with one attached hydrogen (secondary N) is 1. The summed E-state index contributed by atoms with van der Waals surface area (Å²) in [6.07, 6.45) is 0.707.